The lowest BCUT2D eigenvalue weighted by molar-refractivity contribution is 0.0271. The number of aryl methyl sites for hydroxylation is 2. The number of nitrogens with zero attached hydrogens (tertiary/aromatic N) is 1. The Morgan fingerprint density at radius 1 is 1.07 bits per heavy atom. The van der Waals surface area contributed by atoms with Gasteiger partial charge in [-0.05, 0) is 49.9 Å². The van der Waals surface area contributed by atoms with E-state index in [2.05, 4.69) is 33.1 Å². The van der Waals surface area contributed by atoms with Crippen molar-refractivity contribution in [2.75, 3.05) is 0 Å². The van der Waals surface area contributed by atoms with Gasteiger partial charge in [0, 0.05) is 5.56 Å². The molecular weight excluding hydrogens is 384 g/mol. The molecule has 0 aromatic heterocycles. The monoisotopic (exact) mass is 414 g/mol. The van der Waals surface area contributed by atoms with Gasteiger partial charge in [0.15, 0.2) is 0 Å². The molecule has 5 heteroatoms. The van der Waals surface area contributed by atoms with E-state index in [0.29, 0.717) is 16.1 Å². The summed E-state index contributed by atoms with van der Waals surface area (Å²) in [6.07, 6.45) is 1.64. The van der Waals surface area contributed by atoms with E-state index in [4.69, 9.17) is 11.6 Å². The summed E-state index contributed by atoms with van der Waals surface area (Å²) in [5, 5.41) is 1.84. The number of nitrogens with one attached hydrogen (secondary N) is 1. The molecular formula is C24H31ClN2O2. The number of hydrazine groups is 1. The standard InChI is InChI=1S/C24H31ClN2O2/c1-7-10-21(24(4,5)6)27(23(29)19-11-8-9-12-20(19)25)26-22(28)18-14-16(2)13-17(3)15-18/h8-9,11-15,21H,7,10H2,1-6H3,(H,26,28)/t21-/m1/s1. The van der Waals surface area contributed by atoms with Crippen molar-refractivity contribution in [3.63, 3.8) is 0 Å². The maximum atomic E-state index is 13.5. The summed E-state index contributed by atoms with van der Waals surface area (Å²) in [5.74, 6) is -0.607. The van der Waals surface area contributed by atoms with Crippen LogP contribution in [0.5, 0.6) is 0 Å². The van der Waals surface area contributed by atoms with Crippen molar-refractivity contribution in [1.29, 1.82) is 0 Å². The van der Waals surface area contributed by atoms with Gasteiger partial charge in [0.1, 0.15) is 0 Å². The summed E-state index contributed by atoms with van der Waals surface area (Å²) in [6, 6.07) is 12.4. The highest BCUT2D eigenvalue weighted by Gasteiger charge is 2.35. The van der Waals surface area contributed by atoms with E-state index in [9.17, 15) is 9.59 Å². The summed E-state index contributed by atoms with van der Waals surface area (Å²) < 4.78 is 0. The molecule has 0 aliphatic rings. The molecule has 0 spiro atoms. The van der Waals surface area contributed by atoms with Crippen LogP contribution in [0.1, 0.15) is 72.4 Å². The van der Waals surface area contributed by atoms with Crippen molar-refractivity contribution in [3.8, 4) is 0 Å². The molecule has 0 unspecified atom stereocenters. The van der Waals surface area contributed by atoms with Crippen LogP contribution in [0.2, 0.25) is 5.02 Å². The van der Waals surface area contributed by atoms with Crippen molar-refractivity contribution in [2.45, 2.75) is 60.4 Å². The average Bonchev–Trinajstić information content (AvgIpc) is 2.62. The first-order chi connectivity index (χ1) is 13.5. The Morgan fingerprint density at radius 3 is 2.17 bits per heavy atom. The second kappa shape index (κ2) is 9.45. The average molecular weight is 415 g/mol. The van der Waals surface area contributed by atoms with Crippen LogP contribution >= 0.6 is 11.6 Å². The van der Waals surface area contributed by atoms with Crippen LogP contribution in [-0.4, -0.2) is 22.9 Å². The molecule has 0 aliphatic carbocycles. The summed E-state index contributed by atoms with van der Waals surface area (Å²) >= 11 is 6.29. The Balaban J connectivity index is 2.47. The Morgan fingerprint density at radius 2 is 1.66 bits per heavy atom. The largest absolute Gasteiger partial charge is 0.274 e. The van der Waals surface area contributed by atoms with Gasteiger partial charge in [0.25, 0.3) is 11.8 Å². The lowest BCUT2D eigenvalue weighted by atomic mass is 9.83. The molecule has 2 aromatic rings. The predicted octanol–water partition coefficient (Wildman–Crippen LogP) is 5.96. The molecule has 2 amide bonds. The predicted molar refractivity (Wildman–Crippen MR) is 119 cm³/mol. The second-order valence-electron chi connectivity index (χ2n) is 8.64. The zero-order valence-corrected chi connectivity index (χ0v) is 18.9. The fourth-order valence-electron chi connectivity index (χ4n) is 3.54. The zero-order chi connectivity index (χ0) is 21.8. The minimum absolute atomic E-state index is 0.189. The van der Waals surface area contributed by atoms with Crippen LogP contribution in [0, 0.1) is 19.3 Å². The van der Waals surface area contributed by atoms with E-state index < -0.39 is 0 Å². The van der Waals surface area contributed by atoms with Crippen LogP contribution < -0.4 is 5.43 Å². The summed E-state index contributed by atoms with van der Waals surface area (Å²) in [5.41, 5.74) is 5.56. The van der Waals surface area contributed by atoms with Crippen molar-refractivity contribution in [2.24, 2.45) is 5.41 Å². The van der Waals surface area contributed by atoms with Gasteiger partial charge >= 0.3 is 0 Å². The minimum atomic E-state index is -0.304. The molecule has 0 bridgehead atoms. The highest BCUT2D eigenvalue weighted by molar-refractivity contribution is 6.33. The number of hydrogen-bond donors (Lipinski definition) is 1. The molecule has 1 atom stereocenters. The van der Waals surface area contributed by atoms with E-state index in [1.165, 1.54) is 5.01 Å². The summed E-state index contributed by atoms with van der Waals surface area (Å²) in [7, 11) is 0. The molecule has 156 valence electrons. The van der Waals surface area contributed by atoms with E-state index in [1.807, 2.05) is 32.0 Å². The van der Waals surface area contributed by atoms with Crippen LogP contribution in [0.3, 0.4) is 0 Å². The number of benzene rings is 2. The third-order valence-electron chi connectivity index (χ3n) is 4.90. The zero-order valence-electron chi connectivity index (χ0n) is 18.2. The van der Waals surface area contributed by atoms with Crippen molar-refractivity contribution < 1.29 is 9.59 Å². The molecule has 4 nitrogen and oxygen atoms in total. The quantitative estimate of drug-likeness (QED) is 0.613. The lowest BCUT2D eigenvalue weighted by Gasteiger charge is -2.40. The Hall–Kier alpha value is -2.33. The molecule has 0 saturated heterocycles. The highest BCUT2D eigenvalue weighted by atomic mass is 35.5. The molecule has 0 heterocycles. The lowest BCUT2D eigenvalue weighted by Crippen LogP contribution is -2.56. The molecule has 0 saturated carbocycles. The molecule has 29 heavy (non-hydrogen) atoms. The number of amides is 2. The first kappa shape index (κ1) is 23.0. The van der Waals surface area contributed by atoms with E-state index in [1.54, 1.807) is 24.3 Å². The van der Waals surface area contributed by atoms with E-state index in [0.717, 1.165) is 24.0 Å². The number of halogens is 1. The number of carbonyl (C=O) groups is 2. The van der Waals surface area contributed by atoms with Crippen LogP contribution in [0.15, 0.2) is 42.5 Å². The Kier molecular flexibility index (Phi) is 7.48. The van der Waals surface area contributed by atoms with E-state index >= 15 is 0 Å². The van der Waals surface area contributed by atoms with E-state index in [-0.39, 0.29) is 23.3 Å². The van der Waals surface area contributed by atoms with Gasteiger partial charge in [-0.15, -0.1) is 0 Å². The van der Waals surface area contributed by atoms with Gasteiger partial charge in [-0.1, -0.05) is 75.0 Å². The van der Waals surface area contributed by atoms with Crippen molar-refractivity contribution in [1.82, 2.24) is 10.4 Å². The molecule has 1 N–H and O–H groups in total. The van der Waals surface area contributed by atoms with Crippen LogP contribution in [0.4, 0.5) is 0 Å². The fourth-order valence-corrected chi connectivity index (χ4v) is 3.75. The Labute approximate surface area is 179 Å². The summed E-state index contributed by atoms with van der Waals surface area (Å²) in [6.45, 7) is 12.2. The molecule has 0 aliphatic heterocycles. The molecule has 0 radical (unpaired) electrons. The summed E-state index contributed by atoms with van der Waals surface area (Å²) in [4.78, 5) is 26.5. The van der Waals surface area contributed by atoms with Gasteiger partial charge in [0.05, 0.1) is 16.6 Å². The van der Waals surface area contributed by atoms with Crippen molar-refractivity contribution in [3.05, 3.63) is 69.7 Å². The highest BCUT2D eigenvalue weighted by Crippen LogP contribution is 2.29. The SMILES string of the molecule is CCC[C@@H](N(NC(=O)c1cc(C)cc(C)c1)C(=O)c1ccccc1Cl)C(C)(C)C. The first-order valence-corrected chi connectivity index (χ1v) is 10.4. The normalized spacial score (nSPS) is 12.4. The maximum Gasteiger partial charge on any atom is 0.274 e. The fraction of sp³-hybridized carbons (Fsp3) is 0.417. The smallest absolute Gasteiger partial charge is 0.267 e. The second-order valence-corrected chi connectivity index (χ2v) is 9.05. The third kappa shape index (κ3) is 5.83. The van der Waals surface area contributed by atoms with Crippen LogP contribution in [0.25, 0.3) is 0 Å². The van der Waals surface area contributed by atoms with Gasteiger partial charge in [-0.3, -0.25) is 15.0 Å². The van der Waals surface area contributed by atoms with Gasteiger partial charge in [-0.2, -0.15) is 0 Å². The topological polar surface area (TPSA) is 49.4 Å². The molecule has 2 aromatic carbocycles. The molecule has 0 fully saturated rings. The van der Waals surface area contributed by atoms with Gasteiger partial charge < -0.3 is 0 Å². The minimum Gasteiger partial charge on any atom is -0.267 e. The number of rotatable bonds is 5. The van der Waals surface area contributed by atoms with Crippen molar-refractivity contribution >= 4 is 23.4 Å². The third-order valence-corrected chi connectivity index (χ3v) is 5.23. The first-order valence-electron chi connectivity index (χ1n) is 10.0. The van der Waals surface area contributed by atoms with Gasteiger partial charge in [-0.25, -0.2) is 5.01 Å². The number of hydrogen-bond acceptors (Lipinski definition) is 2. The molecule has 2 rings (SSSR count). The number of carbonyl (C=O) groups excluding carboxylic acids is 2. The van der Waals surface area contributed by atoms with Gasteiger partial charge in [0.2, 0.25) is 0 Å². The van der Waals surface area contributed by atoms with Crippen LogP contribution in [-0.2, 0) is 0 Å². The maximum absolute atomic E-state index is 13.5. The Bertz CT molecular complexity index is 866.